The molecule has 0 N–H and O–H groups in total. The van der Waals surface area contributed by atoms with Crippen molar-refractivity contribution < 1.29 is 18.3 Å². The van der Waals surface area contributed by atoms with E-state index in [2.05, 4.69) is 4.99 Å². The molecule has 3 rings (SSSR count). The van der Waals surface area contributed by atoms with Crippen LogP contribution in [0.2, 0.25) is 5.02 Å². The third-order valence-electron chi connectivity index (χ3n) is 3.01. The van der Waals surface area contributed by atoms with Crippen molar-refractivity contribution in [3.8, 4) is 0 Å². The number of hydrogen-bond acceptors (Lipinski definition) is 3. The number of halogens is 3. The number of ether oxygens (including phenoxy) is 1. The minimum absolute atomic E-state index is 0.0228. The quantitative estimate of drug-likeness (QED) is 0.620. The maximum atomic E-state index is 13.7. The van der Waals surface area contributed by atoms with Crippen LogP contribution in [-0.4, -0.2) is 11.9 Å². The second-order valence-corrected chi connectivity index (χ2v) is 4.86. The second-order valence-electron chi connectivity index (χ2n) is 4.45. The van der Waals surface area contributed by atoms with E-state index >= 15 is 0 Å². The molecule has 0 fully saturated rings. The highest BCUT2D eigenvalue weighted by molar-refractivity contribution is 6.32. The van der Waals surface area contributed by atoms with Crippen molar-refractivity contribution in [2.24, 2.45) is 4.99 Å². The first-order valence-corrected chi connectivity index (χ1v) is 6.65. The average Bonchev–Trinajstić information content (AvgIpc) is 2.84. The lowest BCUT2D eigenvalue weighted by molar-refractivity contribution is -0.129. The fraction of sp³-hybridized carbons (Fsp3) is 0. The van der Waals surface area contributed by atoms with E-state index in [1.54, 1.807) is 6.07 Å². The topological polar surface area (TPSA) is 38.7 Å². The third-order valence-corrected chi connectivity index (χ3v) is 3.34. The van der Waals surface area contributed by atoms with Gasteiger partial charge in [-0.05, 0) is 30.3 Å². The van der Waals surface area contributed by atoms with Crippen LogP contribution in [0.25, 0.3) is 6.08 Å². The maximum Gasteiger partial charge on any atom is 0.363 e. The summed E-state index contributed by atoms with van der Waals surface area (Å²) in [6, 6.07) is 9.89. The van der Waals surface area contributed by atoms with E-state index in [4.69, 9.17) is 16.3 Å². The van der Waals surface area contributed by atoms with Crippen molar-refractivity contribution in [2.75, 3.05) is 0 Å². The molecule has 2 aromatic rings. The number of nitrogens with zero attached hydrogens (tertiary/aromatic N) is 1. The molecule has 0 aromatic heterocycles. The van der Waals surface area contributed by atoms with Gasteiger partial charge >= 0.3 is 5.97 Å². The standard InChI is InChI=1S/C16H8ClF2NO2/c17-11-5-3-7-13(19)10(11)8-14-16(21)22-15(20-14)9-4-1-2-6-12(9)18/h1-8H. The molecule has 0 bridgehead atoms. The molecule has 0 unspecified atom stereocenters. The van der Waals surface area contributed by atoms with Crippen molar-refractivity contribution in [1.29, 1.82) is 0 Å². The molecule has 0 saturated carbocycles. The maximum absolute atomic E-state index is 13.7. The number of rotatable bonds is 2. The SMILES string of the molecule is O=C1OC(c2ccccc2F)=NC1=Cc1c(F)cccc1Cl. The normalized spacial score (nSPS) is 15.9. The zero-order valence-corrected chi connectivity index (χ0v) is 11.8. The monoisotopic (exact) mass is 319 g/mol. The zero-order valence-electron chi connectivity index (χ0n) is 11.0. The van der Waals surface area contributed by atoms with Crippen molar-refractivity contribution in [3.63, 3.8) is 0 Å². The molecule has 3 nitrogen and oxygen atoms in total. The molecule has 1 aliphatic heterocycles. The summed E-state index contributed by atoms with van der Waals surface area (Å²) >= 11 is 5.89. The van der Waals surface area contributed by atoms with Crippen molar-refractivity contribution >= 4 is 29.5 Å². The Morgan fingerprint density at radius 1 is 1.05 bits per heavy atom. The first-order chi connectivity index (χ1) is 10.6. The summed E-state index contributed by atoms with van der Waals surface area (Å²) in [7, 11) is 0. The summed E-state index contributed by atoms with van der Waals surface area (Å²) < 4.78 is 32.3. The Hall–Kier alpha value is -2.53. The molecule has 0 saturated heterocycles. The number of cyclic esters (lactones) is 1. The van der Waals surface area contributed by atoms with Crippen LogP contribution >= 0.6 is 11.6 Å². The van der Waals surface area contributed by atoms with E-state index in [1.165, 1.54) is 42.5 Å². The van der Waals surface area contributed by atoms with E-state index in [1.807, 2.05) is 0 Å². The first-order valence-electron chi connectivity index (χ1n) is 6.28. The van der Waals surface area contributed by atoms with Gasteiger partial charge in [0, 0.05) is 5.56 Å². The minimum atomic E-state index is -0.794. The fourth-order valence-electron chi connectivity index (χ4n) is 1.94. The highest BCUT2D eigenvalue weighted by Gasteiger charge is 2.26. The molecule has 0 atom stereocenters. The van der Waals surface area contributed by atoms with Crippen LogP contribution in [0, 0.1) is 11.6 Å². The van der Waals surface area contributed by atoms with Crippen LogP contribution in [0.15, 0.2) is 53.2 Å². The van der Waals surface area contributed by atoms with Gasteiger partial charge in [-0.15, -0.1) is 0 Å². The number of aliphatic imine (C=N–C) groups is 1. The van der Waals surface area contributed by atoms with Gasteiger partial charge < -0.3 is 4.74 Å². The highest BCUT2D eigenvalue weighted by atomic mass is 35.5. The lowest BCUT2D eigenvalue weighted by Crippen LogP contribution is -2.07. The van der Waals surface area contributed by atoms with E-state index in [9.17, 15) is 13.6 Å². The van der Waals surface area contributed by atoms with Gasteiger partial charge in [0.1, 0.15) is 11.6 Å². The third kappa shape index (κ3) is 2.63. The van der Waals surface area contributed by atoms with Crippen molar-refractivity contribution in [1.82, 2.24) is 0 Å². The van der Waals surface area contributed by atoms with Crippen LogP contribution in [0.1, 0.15) is 11.1 Å². The molecule has 0 spiro atoms. The number of hydrogen-bond donors (Lipinski definition) is 0. The van der Waals surface area contributed by atoms with Crippen LogP contribution in [0.3, 0.4) is 0 Å². The van der Waals surface area contributed by atoms with Gasteiger partial charge in [0.15, 0.2) is 5.70 Å². The van der Waals surface area contributed by atoms with Crippen LogP contribution in [0.5, 0.6) is 0 Å². The second kappa shape index (κ2) is 5.69. The number of carbonyl (C=O) groups is 1. The van der Waals surface area contributed by atoms with Crippen molar-refractivity contribution in [2.45, 2.75) is 0 Å². The van der Waals surface area contributed by atoms with E-state index < -0.39 is 17.6 Å². The number of esters is 1. The van der Waals surface area contributed by atoms with Crippen LogP contribution in [-0.2, 0) is 9.53 Å². The fourth-order valence-corrected chi connectivity index (χ4v) is 2.16. The molecule has 2 aromatic carbocycles. The Bertz CT molecular complexity index is 810. The van der Waals surface area contributed by atoms with Gasteiger partial charge in [0.25, 0.3) is 0 Å². The molecule has 1 heterocycles. The molecule has 110 valence electrons. The summed E-state index contributed by atoms with van der Waals surface area (Å²) in [4.78, 5) is 15.7. The van der Waals surface area contributed by atoms with Crippen molar-refractivity contribution in [3.05, 3.63) is 75.9 Å². The van der Waals surface area contributed by atoms with Crippen LogP contribution in [0.4, 0.5) is 8.78 Å². The molecule has 22 heavy (non-hydrogen) atoms. The Kier molecular flexibility index (Phi) is 3.73. The number of carbonyl (C=O) groups excluding carboxylic acids is 1. The summed E-state index contributed by atoms with van der Waals surface area (Å²) in [6.07, 6.45) is 1.17. The summed E-state index contributed by atoms with van der Waals surface area (Å²) in [6.45, 7) is 0. The molecule has 0 aliphatic carbocycles. The predicted molar refractivity (Wildman–Crippen MR) is 78.4 cm³/mol. The van der Waals surface area contributed by atoms with E-state index in [-0.39, 0.29) is 27.7 Å². The van der Waals surface area contributed by atoms with E-state index in [0.717, 1.165) is 0 Å². The van der Waals surface area contributed by atoms with E-state index in [0.29, 0.717) is 0 Å². The number of benzene rings is 2. The molecule has 6 heteroatoms. The molecule has 1 aliphatic rings. The summed E-state index contributed by atoms with van der Waals surface area (Å²) in [5, 5.41) is 0.134. The Morgan fingerprint density at radius 3 is 2.50 bits per heavy atom. The Morgan fingerprint density at radius 2 is 1.77 bits per heavy atom. The largest absolute Gasteiger partial charge is 0.402 e. The van der Waals surface area contributed by atoms with Gasteiger partial charge in [0.05, 0.1) is 10.6 Å². The average molecular weight is 320 g/mol. The zero-order chi connectivity index (χ0) is 15.7. The first kappa shape index (κ1) is 14.4. The Balaban J connectivity index is 2.04. The summed E-state index contributed by atoms with van der Waals surface area (Å²) in [5.74, 6) is -2.12. The van der Waals surface area contributed by atoms with Gasteiger partial charge in [0.2, 0.25) is 5.90 Å². The molecule has 0 amide bonds. The molecular formula is C16H8ClF2NO2. The molecular weight excluding hydrogens is 312 g/mol. The Labute approximate surface area is 129 Å². The molecule has 0 radical (unpaired) electrons. The van der Waals surface area contributed by atoms with Crippen LogP contribution < -0.4 is 0 Å². The smallest absolute Gasteiger partial charge is 0.363 e. The lowest BCUT2D eigenvalue weighted by Gasteiger charge is -2.00. The predicted octanol–water partition coefficient (Wildman–Crippen LogP) is 3.96. The van der Waals surface area contributed by atoms with Gasteiger partial charge in [-0.3, -0.25) is 0 Å². The minimum Gasteiger partial charge on any atom is -0.402 e. The van der Waals surface area contributed by atoms with Gasteiger partial charge in [-0.2, -0.15) is 0 Å². The lowest BCUT2D eigenvalue weighted by atomic mass is 10.2. The summed E-state index contributed by atoms with van der Waals surface area (Å²) in [5.41, 5.74) is -0.0706. The van der Waals surface area contributed by atoms with Gasteiger partial charge in [-0.1, -0.05) is 29.8 Å². The van der Waals surface area contributed by atoms with Gasteiger partial charge in [-0.25, -0.2) is 18.6 Å². The highest BCUT2D eigenvalue weighted by Crippen LogP contribution is 2.25.